The number of anilines is 1. The Hall–Kier alpha value is -3.26. The molecular weight excluding hydrogens is 388 g/mol. The number of H-pyrrole nitrogens is 1. The maximum absolute atomic E-state index is 13.0. The van der Waals surface area contributed by atoms with Crippen molar-refractivity contribution in [3.05, 3.63) is 70.5 Å². The van der Waals surface area contributed by atoms with E-state index in [1.54, 1.807) is 42.5 Å². The van der Waals surface area contributed by atoms with Crippen molar-refractivity contribution in [3.63, 3.8) is 0 Å². The number of fused-ring (bicyclic) bond motifs is 2. The van der Waals surface area contributed by atoms with Crippen molar-refractivity contribution < 1.29 is 14.4 Å². The lowest BCUT2D eigenvalue weighted by atomic mass is 9.83. The fourth-order valence-corrected chi connectivity index (χ4v) is 3.75. The summed E-state index contributed by atoms with van der Waals surface area (Å²) in [4.78, 5) is 42.5. The summed E-state index contributed by atoms with van der Waals surface area (Å²) in [6.07, 6.45) is 0. The van der Waals surface area contributed by atoms with Crippen molar-refractivity contribution in [1.82, 2.24) is 15.2 Å². The minimum atomic E-state index is -0.307. The van der Waals surface area contributed by atoms with Crippen molar-refractivity contribution in [2.24, 2.45) is 0 Å². The second kappa shape index (κ2) is 7.63. The zero-order valence-electron chi connectivity index (χ0n) is 15.9. The van der Waals surface area contributed by atoms with Gasteiger partial charge in [-0.25, -0.2) is 4.98 Å². The van der Waals surface area contributed by atoms with Gasteiger partial charge in [0.15, 0.2) is 11.6 Å². The van der Waals surface area contributed by atoms with Crippen LogP contribution >= 0.6 is 11.8 Å². The van der Waals surface area contributed by atoms with E-state index in [4.69, 9.17) is 0 Å². The molecule has 4 rings (SSSR count). The monoisotopic (exact) mass is 406 g/mol. The number of ketones is 2. The third kappa shape index (κ3) is 3.58. The topological polar surface area (TPSA) is 105 Å². The molecule has 0 aliphatic heterocycles. The minimum absolute atomic E-state index is 0.0811. The summed E-state index contributed by atoms with van der Waals surface area (Å²) >= 11 is 1.20. The maximum atomic E-state index is 13.0. The molecule has 0 saturated carbocycles. The van der Waals surface area contributed by atoms with E-state index in [2.05, 4.69) is 20.5 Å². The number of nitrogens with zero attached hydrogens (tertiary/aromatic N) is 2. The molecule has 1 aliphatic carbocycles. The van der Waals surface area contributed by atoms with Crippen LogP contribution in [0.2, 0.25) is 0 Å². The highest BCUT2D eigenvalue weighted by atomic mass is 32.2. The standard InChI is InChI=1S/C21H18N4O3S/c1-11(2)20-23-21(25-24-20)29-10-16(26)22-15-9-5-8-14-17(15)19(28)13-7-4-3-6-12(13)18(14)27/h3-9,11H,10H2,1-2H3,(H,22,26)(H,23,24,25). The van der Waals surface area contributed by atoms with Crippen LogP contribution in [0.1, 0.15) is 57.4 Å². The van der Waals surface area contributed by atoms with Crippen molar-refractivity contribution in [2.75, 3.05) is 11.1 Å². The number of aromatic amines is 1. The lowest BCUT2D eigenvalue weighted by molar-refractivity contribution is -0.113. The Labute approximate surface area is 171 Å². The molecule has 0 atom stereocenters. The van der Waals surface area contributed by atoms with Crippen LogP contribution in [0.5, 0.6) is 0 Å². The molecule has 1 aliphatic rings. The summed E-state index contributed by atoms with van der Waals surface area (Å²) in [5.41, 5.74) is 1.60. The molecule has 2 N–H and O–H groups in total. The number of hydrogen-bond donors (Lipinski definition) is 2. The Morgan fingerprint density at radius 2 is 1.72 bits per heavy atom. The van der Waals surface area contributed by atoms with Crippen LogP contribution < -0.4 is 5.32 Å². The van der Waals surface area contributed by atoms with Crippen LogP contribution in [0.3, 0.4) is 0 Å². The summed E-state index contributed by atoms with van der Waals surface area (Å²) in [5, 5.41) is 10.2. The highest BCUT2D eigenvalue weighted by molar-refractivity contribution is 7.99. The first kappa shape index (κ1) is 19.1. The quantitative estimate of drug-likeness (QED) is 0.492. The fourth-order valence-electron chi connectivity index (χ4n) is 3.15. The molecule has 29 heavy (non-hydrogen) atoms. The van der Waals surface area contributed by atoms with Gasteiger partial charge in [0.25, 0.3) is 0 Å². The first-order valence-electron chi connectivity index (χ1n) is 9.12. The molecular formula is C21H18N4O3S. The van der Waals surface area contributed by atoms with Gasteiger partial charge >= 0.3 is 0 Å². The smallest absolute Gasteiger partial charge is 0.234 e. The number of carbonyl (C=O) groups is 3. The summed E-state index contributed by atoms with van der Waals surface area (Å²) < 4.78 is 0. The van der Waals surface area contributed by atoms with E-state index in [1.807, 2.05) is 13.8 Å². The highest BCUT2D eigenvalue weighted by Gasteiger charge is 2.31. The number of rotatable bonds is 5. The van der Waals surface area contributed by atoms with Crippen LogP contribution in [0, 0.1) is 0 Å². The van der Waals surface area contributed by atoms with Crippen molar-refractivity contribution in [3.8, 4) is 0 Å². The lowest BCUT2D eigenvalue weighted by Gasteiger charge is -2.20. The Bertz CT molecular complexity index is 1140. The van der Waals surface area contributed by atoms with Gasteiger partial charge in [0.2, 0.25) is 11.1 Å². The predicted molar refractivity (Wildman–Crippen MR) is 110 cm³/mol. The number of hydrogen-bond acceptors (Lipinski definition) is 6. The normalized spacial score (nSPS) is 12.7. The molecule has 0 saturated heterocycles. The van der Waals surface area contributed by atoms with Crippen LogP contribution in [0.25, 0.3) is 0 Å². The summed E-state index contributed by atoms with van der Waals surface area (Å²) in [5.74, 6) is 0.258. The van der Waals surface area contributed by atoms with E-state index in [0.29, 0.717) is 27.5 Å². The average molecular weight is 406 g/mol. The summed E-state index contributed by atoms with van der Waals surface area (Å²) in [7, 11) is 0. The van der Waals surface area contributed by atoms with E-state index >= 15 is 0 Å². The molecule has 146 valence electrons. The highest BCUT2D eigenvalue weighted by Crippen LogP contribution is 2.32. The predicted octanol–water partition coefficient (Wildman–Crippen LogP) is 3.43. The number of amides is 1. The van der Waals surface area contributed by atoms with Gasteiger partial charge in [0.1, 0.15) is 5.82 Å². The molecule has 8 heteroatoms. The molecule has 3 aromatic rings. The number of aromatic nitrogens is 3. The van der Waals surface area contributed by atoms with E-state index in [1.165, 1.54) is 11.8 Å². The summed E-state index contributed by atoms with van der Waals surface area (Å²) in [6, 6.07) is 11.6. The molecule has 1 heterocycles. The average Bonchev–Trinajstić information content (AvgIpc) is 3.20. The second-order valence-electron chi connectivity index (χ2n) is 6.93. The summed E-state index contributed by atoms with van der Waals surface area (Å²) in [6.45, 7) is 3.99. The number of nitrogens with one attached hydrogen (secondary N) is 2. The fraction of sp³-hybridized carbons (Fsp3) is 0.190. The molecule has 2 aromatic carbocycles. The zero-order valence-corrected chi connectivity index (χ0v) is 16.7. The van der Waals surface area contributed by atoms with Crippen molar-refractivity contribution in [1.29, 1.82) is 0 Å². The van der Waals surface area contributed by atoms with E-state index in [-0.39, 0.29) is 34.7 Å². The van der Waals surface area contributed by atoms with Gasteiger partial charge in [0.05, 0.1) is 17.0 Å². The molecule has 1 amide bonds. The van der Waals surface area contributed by atoms with Gasteiger partial charge < -0.3 is 5.32 Å². The third-order valence-electron chi connectivity index (χ3n) is 4.59. The Morgan fingerprint density at radius 3 is 2.41 bits per heavy atom. The first-order valence-corrected chi connectivity index (χ1v) is 10.1. The van der Waals surface area contributed by atoms with Gasteiger partial charge in [0, 0.05) is 22.6 Å². The van der Waals surface area contributed by atoms with E-state index in [9.17, 15) is 14.4 Å². The molecule has 0 spiro atoms. The first-order chi connectivity index (χ1) is 14.0. The van der Waals surface area contributed by atoms with Gasteiger partial charge in [-0.05, 0) is 6.07 Å². The van der Waals surface area contributed by atoms with Crippen LogP contribution in [0.4, 0.5) is 5.69 Å². The second-order valence-corrected chi connectivity index (χ2v) is 7.87. The third-order valence-corrected chi connectivity index (χ3v) is 5.44. The Balaban J connectivity index is 1.53. The molecule has 0 bridgehead atoms. The Kier molecular flexibility index (Phi) is 5.02. The zero-order chi connectivity index (χ0) is 20.5. The molecule has 0 radical (unpaired) electrons. The van der Waals surface area contributed by atoms with Crippen LogP contribution in [-0.4, -0.2) is 38.4 Å². The maximum Gasteiger partial charge on any atom is 0.234 e. The van der Waals surface area contributed by atoms with Crippen LogP contribution in [0.15, 0.2) is 47.6 Å². The van der Waals surface area contributed by atoms with E-state index in [0.717, 1.165) is 5.82 Å². The number of benzene rings is 2. The largest absolute Gasteiger partial charge is 0.325 e. The van der Waals surface area contributed by atoms with Gasteiger partial charge in [-0.15, -0.1) is 5.10 Å². The number of carbonyl (C=O) groups excluding carboxylic acids is 3. The van der Waals surface area contributed by atoms with Gasteiger partial charge in [-0.3, -0.25) is 19.5 Å². The minimum Gasteiger partial charge on any atom is -0.325 e. The SMILES string of the molecule is CC(C)c1nc(SCC(=O)Nc2cccc3c2C(=O)c2ccccc2C3=O)n[nH]1. The molecule has 1 aromatic heterocycles. The van der Waals surface area contributed by atoms with Crippen molar-refractivity contribution >= 4 is 34.9 Å². The van der Waals surface area contributed by atoms with Gasteiger partial charge in [-0.2, -0.15) is 0 Å². The molecule has 7 nitrogen and oxygen atoms in total. The number of thioether (sulfide) groups is 1. The van der Waals surface area contributed by atoms with Crippen LogP contribution in [-0.2, 0) is 4.79 Å². The Morgan fingerprint density at radius 1 is 1.03 bits per heavy atom. The lowest BCUT2D eigenvalue weighted by Crippen LogP contribution is -2.24. The molecule has 0 unspecified atom stereocenters. The van der Waals surface area contributed by atoms with Crippen molar-refractivity contribution in [2.45, 2.75) is 24.9 Å². The van der Waals surface area contributed by atoms with E-state index < -0.39 is 0 Å². The van der Waals surface area contributed by atoms with Gasteiger partial charge in [-0.1, -0.05) is 62.0 Å². The molecule has 0 fully saturated rings.